The molecule has 4 amide bonds. The Bertz CT molecular complexity index is 707. The van der Waals surface area contributed by atoms with Crippen molar-refractivity contribution < 1.29 is 14.4 Å². The molecule has 25 heavy (non-hydrogen) atoms. The third-order valence-corrected chi connectivity index (χ3v) is 5.57. The topological polar surface area (TPSA) is 96.3 Å². The van der Waals surface area contributed by atoms with Crippen molar-refractivity contribution in [3.05, 3.63) is 18.2 Å². The number of fused-ring (bicyclic) bond motifs is 1. The fourth-order valence-electron chi connectivity index (χ4n) is 4.19. The number of amides is 4. The largest absolute Gasteiger partial charge is 0.352 e. The van der Waals surface area contributed by atoms with Gasteiger partial charge in [0.15, 0.2) is 0 Å². The van der Waals surface area contributed by atoms with E-state index in [0.717, 1.165) is 31.5 Å². The van der Waals surface area contributed by atoms with Crippen molar-refractivity contribution in [2.45, 2.75) is 63.1 Å². The number of carbonyl (C=O) groups excluding carboxylic acids is 3. The van der Waals surface area contributed by atoms with Crippen molar-refractivity contribution >= 4 is 17.8 Å². The van der Waals surface area contributed by atoms with Gasteiger partial charge in [0.05, 0.1) is 0 Å². The summed E-state index contributed by atoms with van der Waals surface area (Å²) in [5.41, 5.74) is -0.700. The predicted octanol–water partition coefficient (Wildman–Crippen LogP) is 0.569. The Morgan fingerprint density at radius 2 is 2.16 bits per heavy atom. The molecule has 1 saturated heterocycles. The van der Waals surface area contributed by atoms with Crippen LogP contribution in [0, 0.1) is 0 Å². The van der Waals surface area contributed by atoms with Crippen LogP contribution >= 0.6 is 0 Å². The highest BCUT2D eigenvalue weighted by Crippen LogP contribution is 2.35. The molecule has 8 nitrogen and oxygen atoms in total. The minimum absolute atomic E-state index is 0.0680. The Balaban J connectivity index is 1.29. The quantitative estimate of drug-likeness (QED) is 0.780. The SMILES string of the molecule is O=C(CCN1C(=O)NC2(CCCC2)C1=O)N[C@H]1CCc2nccn2C1. The van der Waals surface area contributed by atoms with Gasteiger partial charge in [-0.2, -0.15) is 0 Å². The lowest BCUT2D eigenvalue weighted by Gasteiger charge is -2.25. The minimum Gasteiger partial charge on any atom is -0.352 e. The average molecular weight is 345 g/mol. The number of nitrogens with zero attached hydrogens (tertiary/aromatic N) is 3. The first-order valence-electron chi connectivity index (χ1n) is 9.01. The molecule has 1 aliphatic carbocycles. The zero-order valence-electron chi connectivity index (χ0n) is 14.2. The van der Waals surface area contributed by atoms with Crippen LogP contribution in [0.15, 0.2) is 12.4 Å². The predicted molar refractivity (Wildman–Crippen MR) is 88.5 cm³/mol. The summed E-state index contributed by atoms with van der Waals surface area (Å²) in [7, 11) is 0. The number of aromatic nitrogens is 2. The molecule has 3 heterocycles. The number of rotatable bonds is 4. The van der Waals surface area contributed by atoms with Crippen LogP contribution in [-0.4, -0.2) is 50.4 Å². The third kappa shape index (κ3) is 2.89. The van der Waals surface area contributed by atoms with Crippen LogP contribution in [-0.2, 0) is 22.6 Å². The molecule has 0 unspecified atom stereocenters. The van der Waals surface area contributed by atoms with Crippen LogP contribution in [0.3, 0.4) is 0 Å². The van der Waals surface area contributed by atoms with E-state index in [1.807, 2.05) is 6.20 Å². The van der Waals surface area contributed by atoms with Gasteiger partial charge in [0, 0.05) is 44.4 Å². The first kappa shape index (κ1) is 16.1. The fourth-order valence-corrected chi connectivity index (χ4v) is 4.19. The number of imide groups is 1. The molecule has 1 spiro atoms. The second-order valence-electron chi connectivity index (χ2n) is 7.23. The van der Waals surface area contributed by atoms with E-state index in [-0.39, 0.29) is 36.9 Å². The van der Waals surface area contributed by atoms with Crippen LogP contribution in [0.5, 0.6) is 0 Å². The Morgan fingerprint density at radius 1 is 1.36 bits per heavy atom. The first-order chi connectivity index (χ1) is 12.1. The van der Waals surface area contributed by atoms with Gasteiger partial charge in [-0.1, -0.05) is 12.8 Å². The van der Waals surface area contributed by atoms with Crippen molar-refractivity contribution in [1.29, 1.82) is 0 Å². The summed E-state index contributed by atoms with van der Waals surface area (Å²) in [6, 6.07) is -0.293. The molecular weight excluding hydrogens is 322 g/mol. The lowest BCUT2D eigenvalue weighted by molar-refractivity contribution is -0.131. The third-order valence-electron chi connectivity index (χ3n) is 5.57. The molecule has 1 aromatic heterocycles. The molecular formula is C17H23N5O3. The highest BCUT2D eigenvalue weighted by atomic mass is 16.2. The maximum atomic E-state index is 12.6. The van der Waals surface area contributed by atoms with Crippen LogP contribution in [0.25, 0.3) is 0 Å². The van der Waals surface area contributed by atoms with Crippen molar-refractivity contribution in [3.8, 4) is 0 Å². The number of nitrogens with one attached hydrogen (secondary N) is 2. The summed E-state index contributed by atoms with van der Waals surface area (Å²) in [4.78, 5) is 42.4. The Labute approximate surface area is 146 Å². The Hall–Kier alpha value is -2.38. The Kier molecular flexibility index (Phi) is 3.97. The molecule has 2 aliphatic heterocycles. The molecule has 1 atom stereocenters. The molecule has 0 radical (unpaired) electrons. The van der Waals surface area contributed by atoms with E-state index >= 15 is 0 Å². The summed E-state index contributed by atoms with van der Waals surface area (Å²) >= 11 is 0. The summed E-state index contributed by atoms with van der Waals surface area (Å²) in [6.45, 7) is 0.856. The maximum Gasteiger partial charge on any atom is 0.325 e. The van der Waals surface area contributed by atoms with E-state index in [1.165, 1.54) is 4.90 Å². The van der Waals surface area contributed by atoms with Crippen LogP contribution in [0.4, 0.5) is 4.79 Å². The van der Waals surface area contributed by atoms with Gasteiger partial charge in [0.25, 0.3) is 5.91 Å². The standard InChI is InChI=1S/C17H23N5O3/c23-14(19-12-3-4-13-18-8-10-21(13)11-12)5-9-22-15(24)17(20-16(22)25)6-1-2-7-17/h8,10,12H,1-7,9,11H2,(H,19,23)(H,20,25)/t12-/m0/s1. The zero-order chi connectivity index (χ0) is 17.4. The zero-order valence-corrected chi connectivity index (χ0v) is 14.2. The second-order valence-corrected chi connectivity index (χ2v) is 7.23. The summed E-state index contributed by atoms with van der Waals surface area (Å²) in [6.07, 6.45) is 8.85. The highest BCUT2D eigenvalue weighted by Gasteiger charge is 2.52. The number of imidazole rings is 1. The number of hydrogen-bond acceptors (Lipinski definition) is 4. The molecule has 2 N–H and O–H groups in total. The minimum atomic E-state index is -0.700. The number of hydrogen-bond donors (Lipinski definition) is 2. The van der Waals surface area contributed by atoms with Crippen LogP contribution in [0.2, 0.25) is 0 Å². The first-order valence-corrected chi connectivity index (χ1v) is 9.01. The molecule has 8 heteroatoms. The van der Waals surface area contributed by atoms with Gasteiger partial charge < -0.3 is 15.2 Å². The number of urea groups is 1. The molecule has 1 aromatic rings. The molecule has 0 aromatic carbocycles. The number of carbonyl (C=O) groups is 3. The van der Waals surface area contributed by atoms with E-state index in [0.29, 0.717) is 19.4 Å². The molecule has 0 bridgehead atoms. The lowest BCUT2D eigenvalue weighted by atomic mass is 9.98. The van der Waals surface area contributed by atoms with E-state index in [1.54, 1.807) is 6.20 Å². The molecule has 1 saturated carbocycles. The van der Waals surface area contributed by atoms with Crippen molar-refractivity contribution in [3.63, 3.8) is 0 Å². The highest BCUT2D eigenvalue weighted by molar-refractivity contribution is 6.07. The van der Waals surface area contributed by atoms with Crippen molar-refractivity contribution in [2.75, 3.05) is 6.54 Å². The maximum absolute atomic E-state index is 12.6. The van der Waals surface area contributed by atoms with E-state index in [2.05, 4.69) is 20.2 Å². The van der Waals surface area contributed by atoms with Gasteiger partial charge in [-0.25, -0.2) is 9.78 Å². The fraction of sp³-hybridized carbons (Fsp3) is 0.647. The molecule has 3 aliphatic rings. The summed E-state index contributed by atoms with van der Waals surface area (Å²) in [5, 5.41) is 5.84. The number of aryl methyl sites for hydroxylation is 1. The van der Waals surface area contributed by atoms with Gasteiger partial charge in [0.1, 0.15) is 11.4 Å². The van der Waals surface area contributed by atoms with Crippen LogP contribution < -0.4 is 10.6 Å². The lowest BCUT2D eigenvalue weighted by Crippen LogP contribution is -2.44. The van der Waals surface area contributed by atoms with Gasteiger partial charge in [-0.05, 0) is 19.3 Å². The van der Waals surface area contributed by atoms with Gasteiger partial charge >= 0.3 is 6.03 Å². The van der Waals surface area contributed by atoms with Gasteiger partial charge in [-0.3, -0.25) is 14.5 Å². The van der Waals surface area contributed by atoms with Crippen molar-refractivity contribution in [1.82, 2.24) is 25.1 Å². The van der Waals surface area contributed by atoms with Gasteiger partial charge in [0.2, 0.25) is 5.91 Å². The monoisotopic (exact) mass is 345 g/mol. The summed E-state index contributed by atoms with van der Waals surface area (Å²) in [5.74, 6) is 0.761. The van der Waals surface area contributed by atoms with E-state index < -0.39 is 5.54 Å². The normalized spacial score (nSPS) is 24.5. The second kappa shape index (κ2) is 6.16. The molecule has 2 fully saturated rings. The van der Waals surface area contributed by atoms with Crippen molar-refractivity contribution in [2.24, 2.45) is 0 Å². The van der Waals surface area contributed by atoms with E-state index in [9.17, 15) is 14.4 Å². The average Bonchev–Trinajstić information content (AvgIpc) is 3.28. The molecule has 4 rings (SSSR count). The van der Waals surface area contributed by atoms with Gasteiger partial charge in [-0.15, -0.1) is 0 Å². The Morgan fingerprint density at radius 3 is 2.96 bits per heavy atom. The smallest absolute Gasteiger partial charge is 0.325 e. The molecule has 134 valence electrons. The van der Waals surface area contributed by atoms with Crippen LogP contribution in [0.1, 0.15) is 44.3 Å². The summed E-state index contributed by atoms with van der Waals surface area (Å²) < 4.78 is 2.05. The van der Waals surface area contributed by atoms with E-state index in [4.69, 9.17) is 0 Å².